The highest BCUT2D eigenvalue weighted by Gasteiger charge is 2.40. The average molecular weight is 427 g/mol. The molecule has 0 bridgehead atoms. The minimum absolute atomic E-state index is 0.0242. The molecule has 0 saturated heterocycles. The monoisotopic (exact) mass is 426 g/mol. The summed E-state index contributed by atoms with van der Waals surface area (Å²) < 4.78 is 54.9. The number of nitrogens with one attached hydrogen (secondary N) is 2. The number of benzene rings is 2. The standard InChI is InChI=1S/C18H11ClF4N4O2/c19-10-5-7-11(8-6-10)27-15(18(21,22)23)13(9-24-27)17(29)26-25-16(28)12-3-1-2-4-14(12)20/h1-9H,(H,25,28)(H,26,29). The van der Waals surface area contributed by atoms with E-state index < -0.39 is 35.1 Å². The van der Waals surface area contributed by atoms with E-state index in [1.807, 2.05) is 10.9 Å². The number of hydrazine groups is 1. The van der Waals surface area contributed by atoms with Crippen molar-refractivity contribution in [3.8, 4) is 5.69 Å². The molecule has 1 heterocycles. The summed E-state index contributed by atoms with van der Waals surface area (Å²) in [6, 6.07) is 10.2. The first kappa shape index (κ1) is 20.3. The topological polar surface area (TPSA) is 76.0 Å². The van der Waals surface area contributed by atoms with E-state index in [0.29, 0.717) is 15.9 Å². The molecule has 0 unspecified atom stereocenters. The number of rotatable bonds is 3. The van der Waals surface area contributed by atoms with Gasteiger partial charge in [-0.3, -0.25) is 20.4 Å². The lowest BCUT2D eigenvalue weighted by molar-refractivity contribution is -0.143. The first-order valence-corrected chi connectivity index (χ1v) is 8.32. The Morgan fingerprint density at radius 3 is 2.10 bits per heavy atom. The minimum atomic E-state index is -4.93. The predicted molar refractivity (Wildman–Crippen MR) is 94.9 cm³/mol. The molecule has 3 aromatic rings. The second kappa shape index (κ2) is 7.92. The molecular formula is C18H11ClF4N4O2. The molecule has 0 fully saturated rings. The lowest BCUT2D eigenvalue weighted by atomic mass is 10.2. The normalized spacial score (nSPS) is 11.2. The third-order valence-corrected chi connectivity index (χ3v) is 4.01. The quantitative estimate of drug-likeness (QED) is 0.494. The summed E-state index contributed by atoms with van der Waals surface area (Å²) in [5.74, 6) is -3.16. The molecule has 0 saturated carbocycles. The van der Waals surface area contributed by atoms with Gasteiger partial charge in [-0.1, -0.05) is 23.7 Å². The summed E-state index contributed by atoms with van der Waals surface area (Å²) in [6.07, 6.45) is -4.22. The van der Waals surface area contributed by atoms with E-state index in [0.717, 1.165) is 12.1 Å². The second-order valence-electron chi connectivity index (χ2n) is 5.68. The number of halogens is 5. The molecular weight excluding hydrogens is 416 g/mol. The minimum Gasteiger partial charge on any atom is -0.267 e. The third kappa shape index (κ3) is 4.37. The van der Waals surface area contributed by atoms with Crippen LogP contribution in [0.2, 0.25) is 5.02 Å². The van der Waals surface area contributed by atoms with Crippen LogP contribution in [0.3, 0.4) is 0 Å². The Balaban J connectivity index is 1.86. The van der Waals surface area contributed by atoms with Crippen molar-refractivity contribution in [2.75, 3.05) is 0 Å². The summed E-state index contributed by atoms with van der Waals surface area (Å²) in [7, 11) is 0. The highest BCUT2D eigenvalue weighted by Crippen LogP contribution is 2.33. The fourth-order valence-corrected chi connectivity index (χ4v) is 2.58. The van der Waals surface area contributed by atoms with Gasteiger partial charge in [-0.15, -0.1) is 0 Å². The van der Waals surface area contributed by atoms with Crippen molar-refractivity contribution in [2.24, 2.45) is 0 Å². The summed E-state index contributed by atoms with van der Waals surface area (Å²) in [5, 5.41) is 3.93. The van der Waals surface area contributed by atoms with Gasteiger partial charge in [0.1, 0.15) is 5.82 Å². The van der Waals surface area contributed by atoms with Crippen molar-refractivity contribution in [3.05, 3.63) is 82.4 Å². The van der Waals surface area contributed by atoms with Crippen LogP contribution in [0.1, 0.15) is 26.4 Å². The molecule has 2 aromatic carbocycles. The smallest absolute Gasteiger partial charge is 0.267 e. The maximum absolute atomic E-state index is 13.6. The van der Waals surface area contributed by atoms with Crippen LogP contribution < -0.4 is 10.9 Å². The van der Waals surface area contributed by atoms with E-state index in [9.17, 15) is 27.2 Å². The number of hydrogen-bond acceptors (Lipinski definition) is 3. The summed E-state index contributed by atoms with van der Waals surface area (Å²) >= 11 is 5.73. The molecule has 2 N–H and O–H groups in total. The molecule has 6 nitrogen and oxygen atoms in total. The van der Waals surface area contributed by atoms with Crippen molar-refractivity contribution < 1.29 is 27.2 Å². The Kier molecular flexibility index (Phi) is 5.55. The van der Waals surface area contributed by atoms with Crippen LogP contribution >= 0.6 is 11.6 Å². The van der Waals surface area contributed by atoms with Gasteiger partial charge in [0.15, 0.2) is 5.69 Å². The zero-order valence-electron chi connectivity index (χ0n) is 14.3. The average Bonchev–Trinajstić information content (AvgIpc) is 3.12. The fourth-order valence-electron chi connectivity index (χ4n) is 2.46. The van der Waals surface area contributed by atoms with E-state index in [4.69, 9.17) is 11.6 Å². The molecule has 150 valence electrons. The predicted octanol–water partition coefficient (Wildman–Crippen LogP) is 3.76. The Morgan fingerprint density at radius 2 is 1.52 bits per heavy atom. The largest absolute Gasteiger partial charge is 0.434 e. The zero-order chi connectivity index (χ0) is 21.2. The lowest BCUT2D eigenvalue weighted by Crippen LogP contribution is -2.42. The van der Waals surface area contributed by atoms with Gasteiger partial charge in [0, 0.05) is 5.02 Å². The van der Waals surface area contributed by atoms with Crippen LogP contribution in [0.4, 0.5) is 17.6 Å². The molecule has 2 amide bonds. The molecule has 1 aromatic heterocycles. The van der Waals surface area contributed by atoms with Gasteiger partial charge >= 0.3 is 6.18 Å². The van der Waals surface area contributed by atoms with E-state index in [1.165, 1.54) is 36.4 Å². The molecule has 11 heteroatoms. The molecule has 29 heavy (non-hydrogen) atoms. The van der Waals surface area contributed by atoms with Gasteiger partial charge in [0.2, 0.25) is 0 Å². The van der Waals surface area contributed by atoms with Crippen LogP contribution in [0.15, 0.2) is 54.7 Å². The fraction of sp³-hybridized carbons (Fsp3) is 0.0556. The summed E-state index contributed by atoms with van der Waals surface area (Å²) in [4.78, 5) is 24.2. The van der Waals surface area contributed by atoms with Gasteiger partial charge in [-0.05, 0) is 36.4 Å². The Morgan fingerprint density at radius 1 is 0.931 bits per heavy atom. The number of carbonyl (C=O) groups excluding carboxylic acids is 2. The highest BCUT2D eigenvalue weighted by atomic mass is 35.5. The molecule has 0 aliphatic rings. The number of amides is 2. The van der Waals surface area contributed by atoms with Crippen LogP contribution in [0, 0.1) is 5.82 Å². The molecule has 0 radical (unpaired) electrons. The molecule has 3 rings (SSSR count). The van der Waals surface area contributed by atoms with Gasteiger partial charge < -0.3 is 0 Å². The van der Waals surface area contributed by atoms with Gasteiger partial charge in [0.25, 0.3) is 11.8 Å². The zero-order valence-corrected chi connectivity index (χ0v) is 15.1. The van der Waals surface area contributed by atoms with Crippen molar-refractivity contribution in [1.82, 2.24) is 20.6 Å². The molecule has 0 aliphatic carbocycles. The number of nitrogens with zero attached hydrogens (tertiary/aromatic N) is 2. The Labute approximate surface area is 166 Å². The maximum Gasteiger partial charge on any atom is 0.434 e. The van der Waals surface area contributed by atoms with Crippen LogP contribution in [-0.2, 0) is 6.18 Å². The van der Waals surface area contributed by atoms with Gasteiger partial charge in [0.05, 0.1) is 23.0 Å². The second-order valence-corrected chi connectivity index (χ2v) is 6.12. The molecule has 0 aliphatic heterocycles. The van der Waals surface area contributed by atoms with E-state index in [2.05, 4.69) is 5.10 Å². The van der Waals surface area contributed by atoms with Crippen molar-refractivity contribution in [2.45, 2.75) is 6.18 Å². The molecule has 0 atom stereocenters. The Bertz CT molecular complexity index is 1060. The molecule has 0 spiro atoms. The van der Waals surface area contributed by atoms with Crippen molar-refractivity contribution >= 4 is 23.4 Å². The van der Waals surface area contributed by atoms with Crippen molar-refractivity contribution in [1.29, 1.82) is 0 Å². The highest BCUT2D eigenvalue weighted by molar-refractivity contribution is 6.30. The van der Waals surface area contributed by atoms with E-state index in [1.54, 1.807) is 0 Å². The van der Waals surface area contributed by atoms with Crippen LogP contribution in [0.25, 0.3) is 5.69 Å². The van der Waals surface area contributed by atoms with E-state index >= 15 is 0 Å². The van der Waals surface area contributed by atoms with Gasteiger partial charge in [-0.25, -0.2) is 9.07 Å². The first-order chi connectivity index (χ1) is 13.7. The van der Waals surface area contributed by atoms with Crippen molar-refractivity contribution in [3.63, 3.8) is 0 Å². The van der Waals surface area contributed by atoms with Crippen LogP contribution in [0.5, 0.6) is 0 Å². The number of hydrogen-bond donors (Lipinski definition) is 2. The SMILES string of the molecule is O=C(NNC(=O)c1cnn(-c2ccc(Cl)cc2)c1C(F)(F)F)c1ccccc1F. The maximum atomic E-state index is 13.6. The number of aromatic nitrogens is 2. The van der Waals surface area contributed by atoms with Gasteiger partial charge in [-0.2, -0.15) is 18.3 Å². The Hall–Kier alpha value is -3.40. The number of alkyl halides is 3. The van der Waals surface area contributed by atoms with E-state index in [-0.39, 0.29) is 11.3 Å². The first-order valence-electron chi connectivity index (χ1n) is 7.95. The lowest BCUT2D eigenvalue weighted by Gasteiger charge is -2.13. The summed E-state index contributed by atoms with van der Waals surface area (Å²) in [6.45, 7) is 0. The van der Waals surface area contributed by atoms with Crippen LogP contribution in [-0.4, -0.2) is 21.6 Å². The third-order valence-electron chi connectivity index (χ3n) is 3.76. The summed E-state index contributed by atoms with van der Waals surface area (Å²) in [5.41, 5.74) is 1.16. The number of carbonyl (C=O) groups is 2.